The first-order valence-corrected chi connectivity index (χ1v) is 8.38. The molecule has 110 valence electrons. The lowest BCUT2D eigenvalue weighted by molar-refractivity contribution is -0.117. The number of halogens is 2. The van der Waals surface area contributed by atoms with Gasteiger partial charge in [-0.1, -0.05) is 22.9 Å². The number of hydrogen-bond donors (Lipinski definition) is 2. The van der Waals surface area contributed by atoms with E-state index in [0.29, 0.717) is 12.6 Å². The smallest absolute Gasteiger partial charge is 0.238 e. The Bertz CT molecular complexity index is 475. The standard InChI is InChI=1S/C14H19Br2N3O/c1-2-19(11-5-6-17-8-11)9-14(20)18-13-4-3-10(15)7-12(13)16/h3-4,7,11,17H,2,5-6,8-9H2,1H3,(H,18,20). The van der Waals surface area contributed by atoms with Gasteiger partial charge >= 0.3 is 0 Å². The zero-order valence-corrected chi connectivity index (χ0v) is 14.6. The first-order chi connectivity index (χ1) is 9.60. The van der Waals surface area contributed by atoms with Crippen molar-refractivity contribution in [1.29, 1.82) is 0 Å². The zero-order valence-electron chi connectivity index (χ0n) is 11.5. The molecular formula is C14H19Br2N3O. The van der Waals surface area contributed by atoms with E-state index in [1.807, 2.05) is 18.2 Å². The van der Waals surface area contributed by atoms with Gasteiger partial charge in [-0.05, 0) is 53.6 Å². The van der Waals surface area contributed by atoms with Crippen LogP contribution < -0.4 is 10.6 Å². The van der Waals surface area contributed by atoms with Crippen molar-refractivity contribution in [3.8, 4) is 0 Å². The average molecular weight is 405 g/mol. The Morgan fingerprint density at radius 2 is 2.30 bits per heavy atom. The van der Waals surface area contributed by atoms with Crippen molar-refractivity contribution in [3.63, 3.8) is 0 Å². The summed E-state index contributed by atoms with van der Waals surface area (Å²) in [7, 11) is 0. The monoisotopic (exact) mass is 403 g/mol. The van der Waals surface area contributed by atoms with Crippen LogP contribution in [0.2, 0.25) is 0 Å². The van der Waals surface area contributed by atoms with E-state index >= 15 is 0 Å². The molecule has 1 aliphatic heterocycles. The van der Waals surface area contributed by atoms with Gasteiger partial charge in [0.25, 0.3) is 0 Å². The van der Waals surface area contributed by atoms with Crippen LogP contribution in [-0.4, -0.2) is 43.0 Å². The number of hydrogen-bond acceptors (Lipinski definition) is 3. The molecule has 20 heavy (non-hydrogen) atoms. The first-order valence-electron chi connectivity index (χ1n) is 6.80. The van der Waals surface area contributed by atoms with Gasteiger partial charge in [0.1, 0.15) is 0 Å². The molecule has 1 amide bonds. The lowest BCUT2D eigenvalue weighted by Crippen LogP contribution is -2.41. The molecule has 0 aromatic heterocycles. The summed E-state index contributed by atoms with van der Waals surface area (Å²) >= 11 is 6.86. The van der Waals surface area contributed by atoms with Gasteiger partial charge in [0, 0.05) is 21.5 Å². The molecular weight excluding hydrogens is 386 g/mol. The molecule has 2 rings (SSSR count). The molecule has 1 aromatic rings. The molecule has 1 heterocycles. The Morgan fingerprint density at radius 1 is 1.50 bits per heavy atom. The number of nitrogens with one attached hydrogen (secondary N) is 2. The highest BCUT2D eigenvalue weighted by Gasteiger charge is 2.22. The van der Waals surface area contributed by atoms with E-state index in [4.69, 9.17) is 0 Å². The summed E-state index contributed by atoms with van der Waals surface area (Å²) in [4.78, 5) is 14.4. The third-order valence-corrected chi connectivity index (χ3v) is 4.66. The highest BCUT2D eigenvalue weighted by atomic mass is 79.9. The third-order valence-electron chi connectivity index (χ3n) is 3.51. The quantitative estimate of drug-likeness (QED) is 0.792. The molecule has 0 saturated carbocycles. The maximum Gasteiger partial charge on any atom is 0.238 e. The van der Waals surface area contributed by atoms with Crippen LogP contribution in [0.4, 0.5) is 5.69 Å². The van der Waals surface area contributed by atoms with Crippen LogP contribution in [0.3, 0.4) is 0 Å². The van der Waals surface area contributed by atoms with Gasteiger partial charge in [0.2, 0.25) is 5.91 Å². The predicted molar refractivity (Wildman–Crippen MR) is 89.0 cm³/mol. The normalized spacial score (nSPS) is 18.5. The topological polar surface area (TPSA) is 44.4 Å². The Labute approximate surface area is 136 Å². The maximum absolute atomic E-state index is 12.2. The molecule has 2 N–H and O–H groups in total. The fourth-order valence-electron chi connectivity index (χ4n) is 2.42. The van der Waals surface area contributed by atoms with Gasteiger partial charge in [-0.2, -0.15) is 0 Å². The van der Waals surface area contributed by atoms with Crippen LogP contribution in [0.25, 0.3) is 0 Å². The minimum absolute atomic E-state index is 0.0294. The summed E-state index contributed by atoms with van der Waals surface area (Å²) in [5, 5.41) is 6.30. The minimum atomic E-state index is 0.0294. The third kappa shape index (κ3) is 4.28. The lowest BCUT2D eigenvalue weighted by atomic mass is 10.2. The van der Waals surface area contributed by atoms with Gasteiger partial charge in [-0.3, -0.25) is 9.69 Å². The molecule has 4 nitrogen and oxygen atoms in total. The molecule has 1 atom stereocenters. The number of rotatable bonds is 5. The number of carbonyl (C=O) groups excluding carboxylic acids is 1. The molecule has 1 saturated heterocycles. The number of nitrogens with zero attached hydrogens (tertiary/aromatic N) is 1. The van der Waals surface area contributed by atoms with Crippen LogP contribution in [0.15, 0.2) is 27.1 Å². The highest BCUT2D eigenvalue weighted by molar-refractivity contribution is 9.11. The highest BCUT2D eigenvalue weighted by Crippen LogP contribution is 2.26. The number of amides is 1. The van der Waals surface area contributed by atoms with Gasteiger partial charge in [0.05, 0.1) is 12.2 Å². The van der Waals surface area contributed by atoms with E-state index in [-0.39, 0.29) is 5.91 Å². The second kappa shape index (κ2) is 7.54. The summed E-state index contributed by atoms with van der Waals surface area (Å²) in [5.74, 6) is 0.0294. The van der Waals surface area contributed by atoms with Gasteiger partial charge in [0.15, 0.2) is 0 Å². The van der Waals surface area contributed by atoms with Crippen molar-refractivity contribution < 1.29 is 4.79 Å². The van der Waals surface area contributed by atoms with Crippen molar-refractivity contribution in [2.75, 3.05) is 31.5 Å². The molecule has 1 aliphatic rings. The average Bonchev–Trinajstić information content (AvgIpc) is 2.93. The van der Waals surface area contributed by atoms with Crippen molar-refractivity contribution in [2.24, 2.45) is 0 Å². The number of anilines is 1. The van der Waals surface area contributed by atoms with Crippen LogP contribution in [-0.2, 0) is 4.79 Å². The molecule has 0 spiro atoms. The van der Waals surface area contributed by atoms with Crippen molar-refractivity contribution in [2.45, 2.75) is 19.4 Å². The van der Waals surface area contributed by atoms with Crippen LogP contribution in [0.5, 0.6) is 0 Å². The van der Waals surface area contributed by atoms with Crippen LogP contribution in [0.1, 0.15) is 13.3 Å². The Kier molecular flexibility index (Phi) is 6.01. The molecule has 1 aromatic carbocycles. The fraction of sp³-hybridized carbons (Fsp3) is 0.500. The maximum atomic E-state index is 12.2. The summed E-state index contributed by atoms with van der Waals surface area (Å²) in [5.41, 5.74) is 0.804. The number of likely N-dealkylation sites (N-methyl/N-ethyl adjacent to an activating group) is 1. The van der Waals surface area contributed by atoms with Crippen LogP contribution in [0, 0.1) is 0 Å². The minimum Gasteiger partial charge on any atom is -0.324 e. The molecule has 1 fully saturated rings. The molecule has 0 bridgehead atoms. The second-order valence-electron chi connectivity index (χ2n) is 4.88. The summed E-state index contributed by atoms with van der Waals surface area (Å²) in [6.45, 7) is 5.44. The van der Waals surface area contributed by atoms with E-state index in [0.717, 1.165) is 40.7 Å². The van der Waals surface area contributed by atoms with E-state index in [2.05, 4.69) is 54.3 Å². The lowest BCUT2D eigenvalue weighted by Gasteiger charge is -2.26. The Balaban J connectivity index is 1.93. The van der Waals surface area contributed by atoms with Crippen molar-refractivity contribution >= 4 is 43.5 Å². The van der Waals surface area contributed by atoms with E-state index < -0.39 is 0 Å². The second-order valence-corrected chi connectivity index (χ2v) is 6.65. The van der Waals surface area contributed by atoms with Gasteiger partial charge < -0.3 is 10.6 Å². The zero-order chi connectivity index (χ0) is 14.5. The summed E-state index contributed by atoms with van der Waals surface area (Å²) in [6, 6.07) is 6.20. The van der Waals surface area contributed by atoms with Crippen molar-refractivity contribution in [1.82, 2.24) is 10.2 Å². The molecule has 0 aliphatic carbocycles. The van der Waals surface area contributed by atoms with Crippen LogP contribution >= 0.6 is 31.9 Å². The molecule has 0 radical (unpaired) electrons. The molecule has 6 heteroatoms. The summed E-state index contributed by atoms with van der Waals surface area (Å²) < 4.78 is 1.86. The Morgan fingerprint density at radius 3 is 2.90 bits per heavy atom. The van der Waals surface area contributed by atoms with E-state index in [1.54, 1.807) is 0 Å². The summed E-state index contributed by atoms with van der Waals surface area (Å²) in [6.07, 6.45) is 1.11. The SMILES string of the molecule is CCN(CC(=O)Nc1ccc(Br)cc1Br)C1CCNC1. The van der Waals surface area contributed by atoms with Gasteiger partial charge in [-0.15, -0.1) is 0 Å². The first kappa shape index (κ1) is 15.9. The van der Waals surface area contributed by atoms with E-state index in [1.165, 1.54) is 0 Å². The largest absolute Gasteiger partial charge is 0.324 e. The number of benzene rings is 1. The van der Waals surface area contributed by atoms with E-state index in [9.17, 15) is 4.79 Å². The number of carbonyl (C=O) groups is 1. The predicted octanol–water partition coefficient (Wildman–Crippen LogP) is 2.83. The van der Waals surface area contributed by atoms with Crippen molar-refractivity contribution in [3.05, 3.63) is 27.1 Å². The molecule has 1 unspecified atom stereocenters. The Hall–Kier alpha value is -0.430. The van der Waals surface area contributed by atoms with Gasteiger partial charge in [-0.25, -0.2) is 0 Å². The fourth-order valence-corrected chi connectivity index (χ4v) is 3.56.